The largest absolute Gasteiger partial charge is 0.488 e. The summed E-state index contributed by atoms with van der Waals surface area (Å²) < 4.78 is 6.02. The molecule has 0 unspecified atom stereocenters. The van der Waals surface area contributed by atoms with Crippen LogP contribution in [0.15, 0.2) is 18.2 Å². The summed E-state index contributed by atoms with van der Waals surface area (Å²) in [4.78, 5) is 0. The standard InChI is InChI=1S/C14H17ClN2O/c1-14(6-4-11(17)5-7-14)18-12-3-2-10(9-16)13(15)8-12/h2-3,8,11H,4-7,17H2,1H3/t11-,14-. The molecule has 0 aliphatic heterocycles. The van der Waals surface area contributed by atoms with E-state index in [0.29, 0.717) is 16.6 Å². The van der Waals surface area contributed by atoms with Gasteiger partial charge in [-0.3, -0.25) is 0 Å². The molecule has 2 rings (SSSR count). The number of halogens is 1. The Morgan fingerprint density at radius 2 is 2.11 bits per heavy atom. The normalized spacial score (nSPS) is 27.6. The predicted octanol–water partition coefficient (Wildman–Crippen LogP) is 3.25. The van der Waals surface area contributed by atoms with Crippen LogP contribution in [0.25, 0.3) is 0 Å². The van der Waals surface area contributed by atoms with E-state index < -0.39 is 0 Å². The maximum absolute atomic E-state index is 8.82. The lowest BCUT2D eigenvalue weighted by molar-refractivity contribution is 0.0435. The summed E-state index contributed by atoms with van der Waals surface area (Å²) in [5, 5.41) is 9.26. The molecule has 1 aliphatic rings. The van der Waals surface area contributed by atoms with E-state index in [1.54, 1.807) is 18.2 Å². The number of nitriles is 1. The third-order valence-corrected chi connectivity index (χ3v) is 3.83. The molecule has 4 heteroatoms. The van der Waals surface area contributed by atoms with E-state index in [0.717, 1.165) is 31.4 Å². The lowest BCUT2D eigenvalue weighted by Gasteiger charge is -2.36. The van der Waals surface area contributed by atoms with Crippen LogP contribution in [0, 0.1) is 11.3 Å². The maximum Gasteiger partial charge on any atom is 0.121 e. The van der Waals surface area contributed by atoms with Gasteiger partial charge in [-0.1, -0.05) is 11.6 Å². The average molecular weight is 265 g/mol. The monoisotopic (exact) mass is 264 g/mol. The van der Waals surface area contributed by atoms with E-state index in [1.165, 1.54) is 0 Å². The van der Waals surface area contributed by atoms with Gasteiger partial charge in [0.25, 0.3) is 0 Å². The molecule has 0 spiro atoms. The summed E-state index contributed by atoms with van der Waals surface area (Å²) >= 11 is 5.99. The van der Waals surface area contributed by atoms with Gasteiger partial charge < -0.3 is 10.5 Å². The summed E-state index contributed by atoms with van der Waals surface area (Å²) in [6.45, 7) is 2.10. The van der Waals surface area contributed by atoms with Gasteiger partial charge in [-0.25, -0.2) is 0 Å². The molecule has 2 N–H and O–H groups in total. The molecule has 1 aromatic rings. The predicted molar refractivity (Wildman–Crippen MR) is 71.6 cm³/mol. The minimum absolute atomic E-state index is 0.173. The fourth-order valence-electron chi connectivity index (χ4n) is 2.29. The maximum atomic E-state index is 8.82. The molecule has 0 aromatic heterocycles. The number of hydrogen-bond acceptors (Lipinski definition) is 3. The molecule has 0 radical (unpaired) electrons. The van der Waals surface area contributed by atoms with Crippen molar-refractivity contribution in [3.63, 3.8) is 0 Å². The van der Waals surface area contributed by atoms with Crippen LogP contribution in [-0.2, 0) is 0 Å². The fourth-order valence-corrected chi connectivity index (χ4v) is 2.50. The zero-order valence-electron chi connectivity index (χ0n) is 10.4. The van der Waals surface area contributed by atoms with Crippen LogP contribution in [0.5, 0.6) is 5.75 Å². The van der Waals surface area contributed by atoms with Crippen LogP contribution in [-0.4, -0.2) is 11.6 Å². The van der Waals surface area contributed by atoms with Crippen LogP contribution < -0.4 is 10.5 Å². The van der Waals surface area contributed by atoms with Gasteiger partial charge in [0.05, 0.1) is 10.6 Å². The van der Waals surface area contributed by atoms with Crippen LogP contribution in [0.3, 0.4) is 0 Å². The highest BCUT2D eigenvalue weighted by atomic mass is 35.5. The number of hydrogen-bond donors (Lipinski definition) is 1. The number of rotatable bonds is 2. The topological polar surface area (TPSA) is 59.0 Å². The molecule has 1 aliphatic carbocycles. The van der Waals surface area contributed by atoms with E-state index in [2.05, 4.69) is 6.92 Å². The summed E-state index contributed by atoms with van der Waals surface area (Å²) in [6.07, 6.45) is 3.87. The first-order valence-electron chi connectivity index (χ1n) is 6.17. The van der Waals surface area contributed by atoms with Crippen LogP contribution in [0.2, 0.25) is 5.02 Å². The molecule has 18 heavy (non-hydrogen) atoms. The number of nitrogens with zero attached hydrogens (tertiary/aromatic N) is 1. The summed E-state index contributed by atoms with van der Waals surface area (Å²) in [5.41, 5.74) is 6.20. The second kappa shape index (κ2) is 5.17. The van der Waals surface area contributed by atoms with E-state index in [-0.39, 0.29) is 5.60 Å². The van der Waals surface area contributed by atoms with Crippen molar-refractivity contribution in [2.75, 3.05) is 0 Å². The zero-order chi connectivity index (χ0) is 13.2. The van der Waals surface area contributed by atoms with E-state index in [4.69, 9.17) is 27.3 Å². The Hall–Kier alpha value is -1.24. The first-order chi connectivity index (χ1) is 8.52. The molecule has 0 heterocycles. The molecule has 0 saturated heterocycles. The average Bonchev–Trinajstić information content (AvgIpc) is 2.34. The van der Waals surface area contributed by atoms with E-state index >= 15 is 0 Å². The van der Waals surface area contributed by atoms with Gasteiger partial charge in [0, 0.05) is 12.1 Å². The van der Waals surface area contributed by atoms with Crippen LogP contribution in [0.4, 0.5) is 0 Å². The van der Waals surface area contributed by atoms with Gasteiger partial charge in [-0.15, -0.1) is 0 Å². The molecule has 96 valence electrons. The number of ether oxygens (including phenoxy) is 1. The minimum atomic E-state index is -0.173. The Balaban J connectivity index is 2.10. The van der Waals surface area contributed by atoms with Crippen molar-refractivity contribution in [3.05, 3.63) is 28.8 Å². The summed E-state index contributed by atoms with van der Waals surface area (Å²) in [7, 11) is 0. The Labute approximate surface area is 112 Å². The van der Waals surface area contributed by atoms with E-state index in [1.807, 2.05) is 6.07 Å². The van der Waals surface area contributed by atoms with Crippen molar-refractivity contribution < 1.29 is 4.74 Å². The van der Waals surface area contributed by atoms with Crippen molar-refractivity contribution in [2.24, 2.45) is 5.73 Å². The Morgan fingerprint density at radius 1 is 1.44 bits per heavy atom. The van der Waals surface area contributed by atoms with Gasteiger partial charge in [0.2, 0.25) is 0 Å². The molecule has 0 atom stereocenters. The van der Waals surface area contributed by atoms with Gasteiger partial charge in [-0.05, 0) is 44.7 Å². The van der Waals surface area contributed by atoms with E-state index in [9.17, 15) is 0 Å². The molecule has 1 saturated carbocycles. The molecule has 0 amide bonds. The molecule has 0 bridgehead atoms. The van der Waals surface area contributed by atoms with Gasteiger partial charge in [0.1, 0.15) is 17.4 Å². The highest BCUT2D eigenvalue weighted by molar-refractivity contribution is 6.31. The molecule has 3 nitrogen and oxygen atoms in total. The van der Waals surface area contributed by atoms with Crippen LogP contribution in [0.1, 0.15) is 38.2 Å². The Bertz CT molecular complexity index is 473. The third-order valence-electron chi connectivity index (χ3n) is 3.51. The highest BCUT2D eigenvalue weighted by Gasteiger charge is 2.31. The molecular weight excluding hydrogens is 248 g/mol. The first-order valence-corrected chi connectivity index (χ1v) is 6.54. The van der Waals surface area contributed by atoms with Gasteiger partial charge in [-0.2, -0.15) is 5.26 Å². The lowest BCUT2D eigenvalue weighted by Crippen LogP contribution is -2.40. The van der Waals surface area contributed by atoms with Crippen molar-refractivity contribution in [2.45, 2.75) is 44.2 Å². The second-order valence-corrected chi connectivity index (χ2v) is 5.55. The molecule has 1 fully saturated rings. The minimum Gasteiger partial charge on any atom is -0.488 e. The van der Waals surface area contributed by atoms with Crippen molar-refractivity contribution in [3.8, 4) is 11.8 Å². The number of nitrogens with two attached hydrogens (primary N) is 1. The summed E-state index contributed by atoms with van der Waals surface area (Å²) in [5.74, 6) is 0.719. The van der Waals surface area contributed by atoms with Crippen LogP contribution >= 0.6 is 11.6 Å². The zero-order valence-corrected chi connectivity index (χ0v) is 11.2. The third kappa shape index (κ3) is 2.95. The molecule has 1 aromatic carbocycles. The lowest BCUT2D eigenvalue weighted by atomic mass is 9.84. The van der Waals surface area contributed by atoms with Gasteiger partial charge >= 0.3 is 0 Å². The summed E-state index contributed by atoms with van der Waals surface area (Å²) in [6, 6.07) is 7.53. The quantitative estimate of drug-likeness (QED) is 0.892. The Kier molecular flexibility index (Phi) is 3.79. The first kappa shape index (κ1) is 13.2. The SMILES string of the molecule is C[C@]1(Oc2ccc(C#N)c(Cl)c2)CC[C@H](N)CC1. The number of benzene rings is 1. The Morgan fingerprint density at radius 3 is 2.67 bits per heavy atom. The van der Waals surface area contributed by atoms with Crippen molar-refractivity contribution in [1.29, 1.82) is 5.26 Å². The van der Waals surface area contributed by atoms with Crippen molar-refractivity contribution in [1.82, 2.24) is 0 Å². The molecular formula is C14H17ClN2O. The highest BCUT2D eigenvalue weighted by Crippen LogP contribution is 2.33. The second-order valence-electron chi connectivity index (χ2n) is 5.14. The fraction of sp³-hybridized carbons (Fsp3) is 0.500. The van der Waals surface area contributed by atoms with Crippen molar-refractivity contribution >= 4 is 11.6 Å². The smallest absolute Gasteiger partial charge is 0.121 e. The van der Waals surface area contributed by atoms with Gasteiger partial charge in [0.15, 0.2) is 0 Å².